The summed E-state index contributed by atoms with van der Waals surface area (Å²) in [5.74, 6) is 1.20. The van der Waals surface area contributed by atoms with Crippen LogP contribution in [0, 0.1) is 0 Å². The van der Waals surface area contributed by atoms with Gasteiger partial charge in [0.2, 0.25) is 0 Å². The molecule has 1 saturated carbocycles. The van der Waals surface area contributed by atoms with Crippen LogP contribution in [-0.2, 0) is 16.6 Å². The maximum Gasteiger partial charge on any atom is 0.288 e. The molecule has 0 aromatic heterocycles. The zero-order chi connectivity index (χ0) is 22.4. The number of benzene rings is 2. The molecule has 1 unspecified atom stereocenters. The van der Waals surface area contributed by atoms with Crippen LogP contribution in [0.25, 0.3) is 0 Å². The molecule has 1 saturated heterocycles. The standard InChI is InChI=1S/C27H37N2O2/c1-26(2,3)22-12-10-21(11-13-22)24-28(19-16-20-8-14-23(31-6)15-9-20)25(30)27(17-7-18-27)29(24,4)5/h8-15,24H,7,16-19H2,1-6H3/q+1. The Kier molecular flexibility index (Phi) is 5.41. The third kappa shape index (κ3) is 3.55. The van der Waals surface area contributed by atoms with Crippen molar-refractivity contribution in [1.29, 1.82) is 0 Å². The maximum absolute atomic E-state index is 13.7. The van der Waals surface area contributed by atoms with Gasteiger partial charge in [0.1, 0.15) is 5.75 Å². The molecule has 2 aromatic carbocycles. The lowest BCUT2D eigenvalue weighted by molar-refractivity contribution is -0.962. The van der Waals surface area contributed by atoms with Gasteiger partial charge in [-0.25, -0.2) is 0 Å². The van der Waals surface area contributed by atoms with Crippen molar-refractivity contribution in [2.24, 2.45) is 0 Å². The Hall–Kier alpha value is -2.33. The second kappa shape index (κ2) is 7.67. The number of likely N-dealkylation sites (N-methyl/N-ethyl adjacent to an activating group) is 1. The fourth-order valence-corrected chi connectivity index (χ4v) is 5.48. The van der Waals surface area contributed by atoms with E-state index in [4.69, 9.17) is 4.74 Å². The molecule has 4 nitrogen and oxygen atoms in total. The van der Waals surface area contributed by atoms with Crippen molar-refractivity contribution in [2.45, 2.75) is 63.6 Å². The van der Waals surface area contributed by atoms with Crippen LogP contribution in [-0.4, -0.2) is 48.6 Å². The Bertz CT molecular complexity index is 935. The number of carbonyl (C=O) groups excluding carboxylic acids is 1. The van der Waals surface area contributed by atoms with Gasteiger partial charge in [-0.05, 0) is 41.5 Å². The predicted octanol–water partition coefficient (Wildman–Crippen LogP) is 5.08. The summed E-state index contributed by atoms with van der Waals surface area (Å²) in [4.78, 5) is 15.9. The molecule has 2 aliphatic rings. The number of quaternary nitrogens is 1. The molecule has 1 atom stereocenters. The van der Waals surface area contributed by atoms with Gasteiger partial charge in [0.25, 0.3) is 5.91 Å². The van der Waals surface area contributed by atoms with Crippen LogP contribution in [0.15, 0.2) is 48.5 Å². The van der Waals surface area contributed by atoms with Crippen LogP contribution in [0.3, 0.4) is 0 Å². The number of methoxy groups -OCH3 is 1. The molecule has 2 fully saturated rings. The Morgan fingerprint density at radius 2 is 1.65 bits per heavy atom. The van der Waals surface area contributed by atoms with Gasteiger partial charge in [0.05, 0.1) is 21.2 Å². The van der Waals surface area contributed by atoms with E-state index in [1.807, 2.05) is 12.1 Å². The van der Waals surface area contributed by atoms with E-state index in [0.717, 1.165) is 42.5 Å². The Labute approximate surface area is 187 Å². The first-order chi connectivity index (χ1) is 14.6. The van der Waals surface area contributed by atoms with Crippen molar-refractivity contribution in [1.82, 2.24) is 4.90 Å². The van der Waals surface area contributed by atoms with Crippen molar-refractivity contribution in [3.05, 3.63) is 65.2 Å². The Balaban J connectivity index is 1.64. The fourth-order valence-electron chi connectivity index (χ4n) is 5.48. The van der Waals surface area contributed by atoms with Gasteiger partial charge in [-0.1, -0.05) is 57.2 Å². The van der Waals surface area contributed by atoms with Crippen LogP contribution in [0.5, 0.6) is 5.75 Å². The summed E-state index contributed by atoms with van der Waals surface area (Å²) in [6.45, 7) is 7.46. The van der Waals surface area contributed by atoms with Crippen molar-refractivity contribution in [3.63, 3.8) is 0 Å². The van der Waals surface area contributed by atoms with E-state index >= 15 is 0 Å². The molecular weight excluding hydrogens is 384 g/mol. The minimum Gasteiger partial charge on any atom is -0.497 e. The Morgan fingerprint density at radius 1 is 1.03 bits per heavy atom. The third-order valence-corrected chi connectivity index (χ3v) is 7.72. The lowest BCUT2D eigenvalue weighted by Gasteiger charge is -2.48. The number of carbonyl (C=O) groups is 1. The molecule has 0 radical (unpaired) electrons. The number of rotatable bonds is 5. The molecule has 2 aromatic rings. The topological polar surface area (TPSA) is 29.5 Å². The molecule has 4 rings (SSSR count). The lowest BCUT2D eigenvalue weighted by Crippen LogP contribution is -2.62. The van der Waals surface area contributed by atoms with Gasteiger partial charge in [0, 0.05) is 24.9 Å². The van der Waals surface area contributed by atoms with E-state index in [1.54, 1.807) is 7.11 Å². The fraction of sp³-hybridized carbons (Fsp3) is 0.519. The molecule has 31 heavy (non-hydrogen) atoms. The monoisotopic (exact) mass is 421 g/mol. The summed E-state index contributed by atoms with van der Waals surface area (Å²) in [5, 5.41) is 0. The average molecular weight is 422 g/mol. The van der Waals surface area contributed by atoms with Crippen molar-refractivity contribution >= 4 is 5.91 Å². The Morgan fingerprint density at radius 3 is 2.13 bits per heavy atom. The highest BCUT2D eigenvalue weighted by atomic mass is 16.5. The van der Waals surface area contributed by atoms with Crippen LogP contribution in [0.2, 0.25) is 0 Å². The van der Waals surface area contributed by atoms with Gasteiger partial charge in [0.15, 0.2) is 11.7 Å². The largest absolute Gasteiger partial charge is 0.497 e. The highest BCUT2D eigenvalue weighted by molar-refractivity contribution is 5.88. The van der Waals surface area contributed by atoms with Crippen LogP contribution in [0.1, 0.15) is 62.9 Å². The second-order valence-electron chi connectivity index (χ2n) is 10.8. The summed E-state index contributed by atoms with van der Waals surface area (Å²) in [6.07, 6.45) is 4.04. The summed E-state index contributed by atoms with van der Waals surface area (Å²) < 4.78 is 6.01. The molecule has 1 amide bonds. The molecule has 0 N–H and O–H groups in total. The van der Waals surface area contributed by atoms with Crippen LogP contribution < -0.4 is 4.74 Å². The van der Waals surface area contributed by atoms with Crippen LogP contribution in [0.4, 0.5) is 0 Å². The van der Waals surface area contributed by atoms with Crippen molar-refractivity contribution in [3.8, 4) is 5.75 Å². The zero-order valence-corrected chi connectivity index (χ0v) is 19.9. The smallest absolute Gasteiger partial charge is 0.288 e. The first kappa shape index (κ1) is 21.9. The van der Waals surface area contributed by atoms with E-state index in [1.165, 1.54) is 16.7 Å². The lowest BCUT2D eigenvalue weighted by atomic mass is 9.74. The number of ether oxygens (including phenoxy) is 1. The van der Waals surface area contributed by atoms with Crippen molar-refractivity contribution < 1.29 is 14.0 Å². The second-order valence-corrected chi connectivity index (χ2v) is 10.8. The molecule has 1 aliphatic carbocycles. The average Bonchev–Trinajstić information content (AvgIpc) is 2.87. The van der Waals surface area contributed by atoms with Crippen LogP contribution >= 0.6 is 0 Å². The minimum atomic E-state index is -0.257. The van der Waals surface area contributed by atoms with Gasteiger partial charge in [-0.3, -0.25) is 14.2 Å². The summed E-state index contributed by atoms with van der Waals surface area (Å²) in [6, 6.07) is 17.2. The number of hydrogen-bond donors (Lipinski definition) is 0. The van der Waals surface area contributed by atoms with Gasteiger partial charge >= 0.3 is 0 Å². The summed E-state index contributed by atoms with van der Waals surface area (Å²) in [5.41, 5.74) is 3.67. The first-order valence-electron chi connectivity index (χ1n) is 11.5. The van der Waals surface area contributed by atoms with Gasteiger partial charge < -0.3 is 4.74 Å². The number of nitrogens with zero attached hydrogens (tertiary/aromatic N) is 2. The van der Waals surface area contributed by atoms with Gasteiger partial charge in [-0.15, -0.1) is 0 Å². The molecule has 0 bridgehead atoms. The quantitative estimate of drug-likeness (QED) is 0.631. The predicted molar refractivity (Wildman–Crippen MR) is 125 cm³/mol. The molecule has 1 spiro atoms. The summed E-state index contributed by atoms with van der Waals surface area (Å²) in [7, 11) is 6.20. The van der Waals surface area contributed by atoms with E-state index in [0.29, 0.717) is 5.91 Å². The molecule has 1 heterocycles. The molecule has 166 valence electrons. The SMILES string of the molecule is COc1ccc(CCN2C(=O)C3(CCC3)[N+](C)(C)C2c2ccc(C(C)(C)C)cc2)cc1. The first-order valence-corrected chi connectivity index (χ1v) is 11.5. The van der Waals surface area contributed by atoms with E-state index < -0.39 is 0 Å². The number of amides is 1. The molecule has 1 aliphatic heterocycles. The molecule has 4 heteroatoms. The third-order valence-electron chi connectivity index (χ3n) is 7.72. The molecular formula is C27H37N2O2+. The van der Waals surface area contributed by atoms with E-state index in [9.17, 15) is 4.79 Å². The minimum absolute atomic E-state index is 0.0556. The van der Waals surface area contributed by atoms with Crippen molar-refractivity contribution in [2.75, 3.05) is 27.7 Å². The highest BCUT2D eigenvalue weighted by Crippen LogP contribution is 2.54. The van der Waals surface area contributed by atoms with E-state index in [2.05, 4.69) is 76.2 Å². The number of hydrogen-bond acceptors (Lipinski definition) is 2. The maximum atomic E-state index is 13.7. The highest BCUT2D eigenvalue weighted by Gasteiger charge is 2.68. The summed E-state index contributed by atoms with van der Waals surface area (Å²) >= 11 is 0. The zero-order valence-electron chi connectivity index (χ0n) is 19.9. The van der Waals surface area contributed by atoms with Gasteiger partial charge in [-0.2, -0.15) is 0 Å². The normalized spacial score (nSPS) is 21.9. The van der Waals surface area contributed by atoms with E-state index in [-0.39, 0.29) is 17.1 Å².